The van der Waals surface area contributed by atoms with Gasteiger partial charge in [0.2, 0.25) is 15.9 Å². The molecule has 0 saturated carbocycles. The maximum atomic E-state index is 11.7. The number of benzene rings is 1. The Labute approximate surface area is 128 Å². The molecule has 0 bridgehead atoms. The molecule has 0 aliphatic heterocycles. The van der Waals surface area contributed by atoms with E-state index in [1.54, 1.807) is 18.2 Å². The highest BCUT2D eigenvalue weighted by Gasteiger charge is 2.13. The molecule has 5 nitrogen and oxygen atoms in total. The van der Waals surface area contributed by atoms with Crippen molar-refractivity contribution in [2.24, 2.45) is 0 Å². The molecule has 1 amide bonds. The summed E-state index contributed by atoms with van der Waals surface area (Å²) < 4.78 is 25.3. The van der Waals surface area contributed by atoms with Gasteiger partial charge in [0.1, 0.15) is 0 Å². The molecule has 0 heterocycles. The minimum atomic E-state index is -3.42. The molecule has 8 heteroatoms. The first-order chi connectivity index (χ1) is 9.35. The third kappa shape index (κ3) is 5.66. The summed E-state index contributed by atoms with van der Waals surface area (Å²) in [6.07, 6.45) is 1.32. The van der Waals surface area contributed by atoms with Gasteiger partial charge in [-0.1, -0.05) is 42.6 Å². The summed E-state index contributed by atoms with van der Waals surface area (Å²) in [4.78, 5) is 11.7. The quantitative estimate of drug-likeness (QED) is 0.802. The number of hydrogen-bond acceptors (Lipinski definition) is 3. The lowest BCUT2D eigenvalue weighted by atomic mass is 10.3. The van der Waals surface area contributed by atoms with Crippen LogP contribution in [0.15, 0.2) is 18.2 Å². The van der Waals surface area contributed by atoms with E-state index in [0.29, 0.717) is 17.1 Å². The fourth-order valence-electron chi connectivity index (χ4n) is 1.38. The molecule has 0 aliphatic rings. The molecule has 0 unspecified atom stereocenters. The molecule has 1 aromatic rings. The second-order valence-electron chi connectivity index (χ2n) is 4.14. The summed E-state index contributed by atoms with van der Waals surface area (Å²) in [5, 5.41) is 3.03. The Hall–Kier alpha value is -0.820. The molecule has 1 rings (SSSR count). The largest absolute Gasteiger partial charge is 0.324 e. The van der Waals surface area contributed by atoms with Gasteiger partial charge >= 0.3 is 0 Å². The maximum absolute atomic E-state index is 11.7. The van der Waals surface area contributed by atoms with Gasteiger partial charge in [0.05, 0.1) is 28.0 Å². The zero-order chi connectivity index (χ0) is 15.2. The molecule has 0 aromatic heterocycles. The number of hydrogen-bond donors (Lipinski definition) is 2. The molecule has 0 radical (unpaired) electrons. The fourth-order valence-corrected chi connectivity index (χ4v) is 2.89. The van der Waals surface area contributed by atoms with Crippen LogP contribution in [0.5, 0.6) is 0 Å². The second kappa shape index (κ2) is 7.83. The summed E-state index contributed by atoms with van der Waals surface area (Å²) >= 11 is 11.7. The van der Waals surface area contributed by atoms with Crippen LogP contribution < -0.4 is 10.0 Å². The Morgan fingerprint density at radius 3 is 2.65 bits per heavy atom. The molecule has 20 heavy (non-hydrogen) atoms. The molecule has 112 valence electrons. The zero-order valence-electron chi connectivity index (χ0n) is 10.9. The molecule has 0 fully saturated rings. The first-order valence-corrected chi connectivity index (χ1v) is 8.47. The predicted octanol–water partition coefficient (Wildman–Crippen LogP) is 2.65. The summed E-state index contributed by atoms with van der Waals surface area (Å²) in [6, 6.07) is 4.81. The number of unbranched alkanes of at least 4 members (excludes halogenated alkanes) is 1. The van der Waals surface area contributed by atoms with Gasteiger partial charge in [-0.15, -0.1) is 0 Å². The van der Waals surface area contributed by atoms with E-state index in [1.165, 1.54) is 0 Å². The highest BCUT2D eigenvalue weighted by molar-refractivity contribution is 7.89. The lowest BCUT2D eigenvalue weighted by Crippen LogP contribution is -2.34. The number of anilines is 1. The van der Waals surface area contributed by atoms with Gasteiger partial charge in [-0.3, -0.25) is 4.79 Å². The first-order valence-electron chi connectivity index (χ1n) is 6.07. The minimum Gasteiger partial charge on any atom is -0.324 e. The summed E-state index contributed by atoms with van der Waals surface area (Å²) in [5.74, 6) is -0.497. The van der Waals surface area contributed by atoms with Gasteiger partial charge < -0.3 is 5.32 Å². The van der Waals surface area contributed by atoms with Crippen LogP contribution in [0.1, 0.15) is 19.8 Å². The fraction of sp³-hybridized carbons (Fsp3) is 0.417. The molecular weight excluding hydrogens is 323 g/mol. The molecule has 0 saturated heterocycles. The van der Waals surface area contributed by atoms with Gasteiger partial charge in [0, 0.05) is 0 Å². The monoisotopic (exact) mass is 338 g/mol. The van der Waals surface area contributed by atoms with Gasteiger partial charge in [-0.2, -0.15) is 0 Å². The standard InChI is InChI=1S/C12H16Cl2N2O3S/c1-2-3-7-20(18,19)15-8-11(17)16-10-6-4-5-9(13)12(10)14/h4-6,15H,2-3,7-8H2,1H3,(H,16,17). The van der Waals surface area contributed by atoms with Crippen molar-refractivity contribution < 1.29 is 13.2 Å². The van der Waals surface area contributed by atoms with E-state index in [1.807, 2.05) is 6.92 Å². The van der Waals surface area contributed by atoms with Crippen LogP contribution in [-0.2, 0) is 14.8 Å². The van der Waals surface area contributed by atoms with Crippen LogP contribution >= 0.6 is 23.2 Å². The Morgan fingerprint density at radius 2 is 2.00 bits per heavy atom. The number of rotatable bonds is 7. The van der Waals surface area contributed by atoms with Crippen molar-refractivity contribution in [1.29, 1.82) is 0 Å². The highest BCUT2D eigenvalue weighted by Crippen LogP contribution is 2.29. The number of carbonyl (C=O) groups excluding carboxylic acids is 1. The topological polar surface area (TPSA) is 75.3 Å². The second-order valence-corrected chi connectivity index (χ2v) is 6.85. The van der Waals surface area contributed by atoms with Crippen LogP contribution in [0.3, 0.4) is 0 Å². The van der Waals surface area contributed by atoms with Gasteiger partial charge in [0.25, 0.3) is 0 Å². The normalized spacial score (nSPS) is 11.3. The van der Waals surface area contributed by atoms with E-state index in [4.69, 9.17) is 23.2 Å². The van der Waals surface area contributed by atoms with Crippen molar-refractivity contribution in [2.75, 3.05) is 17.6 Å². The lowest BCUT2D eigenvalue weighted by Gasteiger charge is -2.09. The average Bonchev–Trinajstić information content (AvgIpc) is 2.40. The smallest absolute Gasteiger partial charge is 0.239 e. The highest BCUT2D eigenvalue weighted by atomic mass is 35.5. The molecule has 1 aromatic carbocycles. The van der Waals surface area contributed by atoms with Crippen LogP contribution in [0.4, 0.5) is 5.69 Å². The van der Waals surface area contributed by atoms with Crippen LogP contribution in [0.2, 0.25) is 10.0 Å². The van der Waals surface area contributed by atoms with E-state index in [2.05, 4.69) is 10.0 Å². The zero-order valence-corrected chi connectivity index (χ0v) is 13.3. The number of carbonyl (C=O) groups is 1. The van der Waals surface area contributed by atoms with Crippen LogP contribution in [0, 0.1) is 0 Å². The molecule has 0 aliphatic carbocycles. The van der Waals surface area contributed by atoms with Crippen molar-refractivity contribution in [3.8, 4) is 0 Å². The van der Waals surface area contributed by atoms with E-state index in [0.717, 1.165) is 6.42 Å². The van der Waals surface area contributed by atoms with Crippen molar-refractivity contribution in [3.63, 3.8) is 0 Å². The Balaban J connectivity index is 2.54. The van der Waals surface area contributed by atoms with Gasteiger partial charge in [0.15, 0.2) is 0 Å². The summed E-state index contributed by atoms with van der Waals surface area (Å²) in [6.45, 7) is 1.55. The Bertz CT molecular complexity index is 576. The number of nitrogens with one attached hydrogen (secondary N) is 2. The van der Waals surface area contributed by atoms with E-state index in [-0.39, 0.29) is 17.3 Å². The predicted molar refractivity (Wildman–Crippen MR) is 81.8 cm³/mol. The number of halogens is 2. The maximum Gasteiger partial charge on any atom is 0.239 e. The lowest BCUT2D eigenvalue weighted by molar-refractivity contribution is -0.115. The van der Waals surface area contributed by atoms with Gasteiger partial charge in [-0.05, 0) is 18.6 Å². The number of amides is 1. The van der Waals surface area contributed by atoms with Crippen LogP contribution in [0.25, 0.3) is 0 Å². The molecule has 2 N–H and O–H groups in total. The van der Waals surface area contributed by atoms with Crippen molar-refractivity contribution >= 4 is 44.8 Å². The van der Waals surface area contributed by atoms with E-state index in [9.17, 15) is 13.2 Å². The molecule has 0 spiro atoms. The van der Waals surface area contributed by atoms with Crippen molar-refractivity contribution in [2.45, 2.75) is 19.8 Å². The molecule has 0 atom stereocenters. The molecular formula is C12H16Cl2N2O3S. The van der Waals surface area contributed by atoms with Crippen molar-refractivity contribution in [1.82, 2.24) is 4.72 Å². The van der Waals surface area contributed by atoms with E-state index < -0.39 is 15.9 Å². The Kier molecular flexibility index (Phi) is 6.75. The SMILES string of the molecule is CCCCS(=O)(=O)NCC(=O)Nc1cccc(Cl)c1Cl. The Morgan fingerprint density at radius 1 is 1.30 bits per heavy atom. The van der Waals surface area contributed by atoms with Gasteiger partial charge in [-0.25, -0.2) is 13.1 Å². The van der Waals surface area contributed by atoms with Crippen LogP contribution in [-0.4, -0.2) is 26.6 Å². The first kappa shape index (κ1) is 17.2. The van der Waals surface area contributed by atoms with E-state index >= 15 is 0 Å². The number of sulfonamides is 1. The summed E-state index contributed by atoms with van der Waals surface area (Å²) in [5.41, 5.74) is 0.344. The average molecular weight is 339 g/mol. The minimum absolute atomic E-state index is 0.00863. The summed E-state index contributed by atoms with van der Waals surface area (Å²) in [7, 11) is -3.42. The third-order valence-corrected chi connectivity index (χ3v) is 4.67. The third-order valence-electron chi connectivity index (χ3n) is 2.44. The van der Waals surface area contributed by atoms with Crippen molar-refractivity contribution in [3.05, 3.63) is 28.2 Å².